The summed E-state index contributed by atoms with van der Waals surface area (Å²) < 4.78 is 51.5. The summed E-state index contributed by atoms with van der Waals surface area (Å²) in [5, 5.41) is 16.3. The number of nitrogens with zero attached hydrogens (tertiary/aromatic N) is 3. The van der Waals surface area contributed by atoms with E-state index in [0.717, 1.165) is 22.8 Å². The highest BCUT2D eigenvalue weighted by Gasteiger charge is 2.34. The minimum atomic E-state index is -4.71. The standard InChI is InChI=1S/C46H41F3N4O7/c1-28-5-9-30(10-6-28)31-13-15-33(16-14-31)42-51-41(52-60-42)32-11-7-29(8-12-32)26-53(27-37(54)25-45(2,3)44(57)58)43(56)34-17-20-36(21-18-34)50-40(55)23-35-19-22-38(59-4)24-39(35)46(47,48)49/h5-22,24H,23,25-27H2,1-4H3,(H,50,55)(H,57,58). The molecule has 60 heavy (non-hydrogen) atoms. The van der Waals surface area contributed by atoms with E-state index in [1.165, 1.54) is 67.8 Å². The molecule has 1 aromatic heterocycles. The van der Waals surface area contributed by atoms with Gasteiger partial charge in [-0.15, -0.1) is 0 Å². The number of carboxylic acid groups (broad SMARTS) is 1. The molecule has 2 amide bonds. The lowest BCUT2D eigenvalue weighted by molar-refractivity contribution is -0.149. The monoisotopic (exact) mass is 818 g/mol. The van der Waals surface area contributed by atoms with Gasteiger partial charge in [0.25, 0.3) is 11.8 Å². The number of rotatable bonds is 15. The number of nitrogens with one attached hydrogen (secondary N) is 1. The van der Waals surface area contributed by atoms with Gasteiger partial charge in [-0.3, -0.25) is 19.2 Å². The fourth-order valence-corrected chi connectivity index (χ4v) is 6.38. The maximum absolute atomic E-state index is 13.9. The van der Waals surface area contributed by atoms with E-state index in [1.807, 2.05) is 31.2 Å². The van der Waals surface area contributed by atoms with Crippen LogP contribution in [0.5, 0.6) is 5.75 Å². The smallest absolute Gasteiger partial charge is 0.416 e. The number of ketones is 1. The first kappa shape index (κ1) is 42.5. The number of amides is 2. The van der Waals surface area contributed by atoms with Gasteiger partial charge in [-0.05, 0) is 91.6 Å². The first-order valence-electron chi connectivity index (χ1n) is 18.8. The summed E-state index contributed by atoms with van der Waals surface area (Å²) in [6.45, 7) is 4.47. The summed E-state index contributed by atoms with van der Waals surface area (Å²) >= 11 is 0. The van der Waals surface area contributed by atoms with E-state index in [9.17, 15) is 37.5 Å². The Morgan fingerprint density at radius 1 is 0.800 bits per heavy atom. The highest BCUT2D eigenvalue weighted by Crippen LogP contribution is 2.35. The van der Waals surface area contributed by atoms with Gasteiger partial charge < -0.3 is 24.6 Å². The Balaban J connectivity index is 1.15. The third-order valence-electron chi connectivity index (χ3n) is 9.79. The molecule has 1 heterocycles. The van der Waals surface area contributed by atoms with Crippen LogP contribution in [0.1, 0.15) is 52.9 Å². The molecule has 0 bridgehead atoms. The number of hydrogen-bond acceptors (Lipinski definition) is 8. The second-order valence-corrected chi connectivity index (χ2v) is 15.0. The van der Waals surface area contributed by atoms with Gasteiger partial charge in [-0.25, -0.2) is 0 Å². The van der Waals surface area contributed by atoms with Crippen molar-refractivity contribution in [3.63, 3.8) is 0 Å². The molecule has 14 heteroatoms. The number of alkyl halides is 3. The molecule has 0 fully saturated rings. The van der Waals surface area contributed by atoms with Crippen LogP contribution in [0.2, 0.25) is 0 Å². The molecule has 2 N–H and O–H groups in total. The summed E-state index contributed by atoms with van der Waals surface area (Å²) in [5.74, 6) is -2.22. The fourth-order valence-electron chi connectivity index (χ4n) is 6.38. The largest absolute Gasteiger partial charge is 0.497 e. The number of aromatic nitrogens is 2. The molecule has 0 aliphatic heterocycles. The van der Waals surface area contributed by atoms with Crippen molar-refractivity contribution in [1.29, 1.82) is 0 Å². The molecular formula is C46H41F3N4O7. The Labute approximate surface area is 343 Å². The SMILES string of the molecule is COc1ccc(CC(=O)Nc2ccc(C(=O)N(CC(=O)CC(C)(C)C(=O)O)Cc3ccc(-c4noc(-c5ccc(-c6ccc(C)cc6)cc5)n4)cc3)cc2)c(C(F)(F)F)c1. The average molecular weight is 819 g/mol. The number of ether oxygens (including phenoxy) is 1. The molecule has 0 radical (unpaired) electrons. The van der Waals surface area contributed by atoms with Crippen LogP contribution >= 0.6 is 0 Å². The maximum Gasteiger partial charge on any atom is 0.416 e. The average Bonchev–Trinajstić information content (AvgIpc) is 3.71. The number of methoxy groups -OCH3 is 1. The highest BCUT2D eigenvalue weighted by atomic mass is 19.4. The fraction of sp³-hybridized carbons (Fsp3) is 0.217. The summed E-state index contributed by atoms with van der Waals surface area (Å²) in [5.41, 5.74) is 3.11. The van der Waals surface area contributed by atoms with Crippen LogP contribution in [0.3, 0.4) is 0 Å². The number of aliphatic carboxylic acids is 1. The van der Waals surface area contributed by atoms with Gasteiger partial charge in [0.2, 0.25) is 11.7 Å². The molecular weight excluding hydrogens is 778 g/mol. The van der Waals surface area contributed by atoms with E-state index >= 15 is 0 Å². The molecule has 6 rings (SSSR count). The molecule has 0 saturated carbocycles. The molecule has 0 aliphatic carbocycles. The third-order valence-corrected chi connectivity index (χ3v) is 9.79. The van der Waals surface area contributed by atoms with Crippen molar-refractivity contribution in [1.82, 2.24) is 15.0 Å². The summed E-state index contributed by atoms with van der Waals surface area (Å²) in [6.07, 6.45) is -5.60. The first-order chi connectivity index (χ1) is 28.5. The number of aryl methyl sites for hydroxylation is 1. The molecule has 0 spiro atoms. The van der Waals surface area contributed by atoms with E-state index in [-0.39, 0.29) is 35.5 Å². The van der Waals surface area contributed by atoms with Gasteiger partial charge >= 0.3 is 12.1 Å². The van der Waals surface area contributed by atoms with Crippen molar-refractivity contribution in [2.45, 2.75) is 46.3 Å². The van der Waals surface area contributed by atoms with E-state index in [1.54, 1.807) is 24.3 Å². The topological polar surface area (TPSA) is 152 Å². The lowest BCUT2D eigenvalue weighted by Gasteiger charge is -2.25. The zero-order valence-corrected chi connectivity index (χ0v) is 33.2. The van der Waals surface area contributed by atoms with E-state index < -0.39 is 53.7 Å². The minimum Gasteiger partial charge on any atom is -0.497 e. The molecule has 0 aliphatic rings. The van der Waals surface area contributed by atoms with Crippen molar-refractivity contribution < 1.29 is 46.7 Å². The Bertz CT molecular complexity index is 2500. The lowest BCUT2D eigenvalue weighted by atomic mass is 9.87. The normalized spacial score (nSPS) is 11.5. The first-order valence-corrected chi connectivity index (χ1v) is 18.8. The zero-order valence-electron chi connectivity index (χ0n) is 33.2. The minimum absolute atomic E-state index is 0.000140. The lowest BCUT2D eigenvalue weighted by Crippen LogP contribution is -2.37. The molecule has 11 nitrogen and oxygen atoms in total. The second-order valence-electron chi connectivity index (χ2n) is 15.0. The van der Waals surface area contributed by atoms with Crippen molar-refractivity contribution in [3.8, 4) is 39.7 Å². The van der Waals surface area contributed by atoms with Crippen LogP contribution in [0.25, 0.3) is 34.0 Å². The Morgan fingerprint density at radius 2 is 1.40 bits per heavy atom. The van der Waals surface area contributed by atoms with Crippen molar-refractivity contribution >= 4 is 29.3 Å². The summed E-state index contributed by atoms with van der Waals surface area (Å²) in [7, 11) is 1.24. The van der Waals surface area contributed by atoms with Crippen LogP contribution in [0, 0.1) is 12.3 Å². The second kappa shape index (κ2) is 17.8. The van der Waals surface area contributed by atoms with Gasteiger partial charge in [0.1, 0.15) is 5.75 Å². The van der Waals surface area contributed by atoms with E-state index in [0.29, 0.717) is 22.8 Å². The number of carboxylic acids is 1. The van der Waals surface area contributed by atoms with Gasteiger partial charge in [-0.1, -0.05) is 77.5 Å². The predicted molar refractivity (Wildman–Crippen MR) is 218 cm³/mol. The van der Waals surface area contributed by atoms with Gasteiger partial charge in [0, 0.05) is 35.3 Å². The zero-order chi connectivity index (χ0) is 43.2. The van der Waals surface area contributed by atoms with Crippen molar-refractivity contribution in [2.24, 2.45) is 5.41 Å². The number of carbonyl (C=O) groups excluding carboxylic acids is 3. The predicted octanol–water partition coefficient (Wildman–Crippen LogP) is 9.30. The molecule has 0 atom stereocenters. The van der Waals surface area contributed by atoms with Crippen molar-refractivity contribution in [3.05, 3.63) is 143 Å². The van der Waals surface area contributed by atoms with E-state index in [2.05, 4.69) is 39.7 Å². The van der Waals surface area contributed by atoms with Crippen molar-refractivity contribution in [2.75, 3.05) is 19.0 Å². The van der Waals surface area contributed by atoms with Gasteiger partial charge in [-0.2, -0.15) is 18.2 Å². The number of Topliss-reactive ketones (excluding diaryl/α,β-unsaturated/α-hetero) is 1. The van der Waals surface area contributed by atoms with Crippen LogP contribution in [-0.4, -0.2) is 57.4 Å². The quantitative estimate of drug-likeness (QED) is 0.103. The van der Waals surface area contributed by atoms with E-state index in [4.69, 9.17) is 9.26 Å². The molecule has 308 valence electrons. The molecule has 0 saturated heterocycles. The number of anilines is 1. The van der Waals surface area contributed by atoms with Gasteiger partial charge in [0.05, 0.1) is 31.1 Å². The molecule has 5 aromatic carbocycles. The molecule has 6 aromatic rings. The van der Waals surface area contributed by atoms with Crippen LogP contribution in [-0.2, 0) is 33.5 Å². The van der Waals surface area contributed by atoms with Gasteiger partial charge in [0.15, 0.2) is 5.78 Å². The maximum atomic E-state index is 13.9. The number of benzene rings is 5. The summed E-state index contributed by atoms with van der Waals surface area (Å²) in [4.78, 5) is 57.5. The highest BCUT2D eigenvalue weighted by molar-refractivity contribution is 5.98. The number of carbonyl (C=O) groups is 4. The third kappa shape index (κ3) is 10.5. The van der Waals surface area contributed by atoms with Crippen LogP contribution < -0.4 is 10.1 Å². The van der Waals surface area contributed by atoms with Crippen LogP contribution in [0.15, 0.2) is 120 Å². The Hall–Kier alpha value is -7.09. The summed E-state index contributed by atoms with van der Waals surface area (Å²) in [6, 6.07) is 32.0. The molecule has 0 unspecified atom stereocenters. The Morgan fingerprint density at radius 3 is 2.00 bits per heavy atom. The van der Waals surface area contributed by atoms with Crippen LogP contribution in [0.4, 0.5) is 18.9 Å². The number of halogens is 3. The number of hydrogen-bond donors (Lipinski definition) is 2. The Kier molecular flexibility index (Phi) is 12.6.